The minimum absolute atomic E-state index is 0. The minimum Gasteiger partial charge on any atom is -0.303 e. The number of rotatable bonds is 2. The van der Waals surface area contributed by atoms with Crippen molar-refractivity contribution in [2.45, 2.75) is 27.3 Å². The first kappa shape index (κ1) is 11.0. The minimum atomic E-state index is 0. The molecule has 0 spiro atoms. The van der Waals surface area contributed by atoms with Crippen LogP contribution in [0, 0.1) is 5.92 Å². The van der Waals surface area contributed by atoms with Gasteiger partial charge in [-0.05, 0) is 12.8 Å². The standard InChI is InChI=1S/C9H14N2.CH4/c1-3-10-11-9-7-5-4-6-8(9)2;/h3-9,11H,1-2H3;1H4. The van der Waals surface area contributed by atoms with Gasteiger partial charge in [0.2, 0.25) is 0 Å². The number of hydrazone groups is 1. The van der Waals surface area contributed by atoms with E-state index in [1.807, 2.05) is 13.0 Å². The van der Waals surface area contributed by atoms with Gasteiger partial charge in [0.15, 0.2) is 0 Å². The average molecular weight is 166 g/mol. The van der Waals surface area contributed by atoms with Gasteiger partial charge in [-0.15, -0.1) is 0 Å². The maximum absolute atomic E-state index is 3.99. The zero-order chi connectivity index (χ0) is 8.10. The van der Waals surface area contributed by atoms with Crippen molar-refractivity contribution >= 4 is 6.21 Å². The fraction of sp³-hybridized carbons (Fsp3) is 0.500. The fourth-order valence-corrected chi connectivity index (χ4v) is 1.04. The molecule has 0 bridgehead atoms. The molecule has 0 aromatic rings. The van der Waals surface area contributed by atoms with Crippen LogP contribution in [0.5, 0.6) is 0 Å². The molecule has 0 aromatic heterocycles. The predicted octanol–water partition coefficient (Wildman–Crippen LogP) is 2.35. The van der Waals surface area contributed by atoms with Gasteiger partial charge in [-0.1, -0.05) is 38.7 Å². The molecule has 1 aliphatic carbocycles. The third-order valence-electron chi connectivity index (χ3n) is 1.76. The van der Waals surface area contributed by atoms with Crippen LogP contribution in [0.4, 0.5) is 0 Å². The molecular weight excluding hydrogens is 148 g/mol. The molecule has 0 radical (unpaired) electrons. The van der Waals surface area contributed by atoms with Crippen LogP contribution in [0.3, 0.4) is 0 Å². The molecule has 2 unspecified atom stereocenters. The van der Waals surface area contributed by atoms with Gasteiger partial charge in [0.05, 0.1) is 6.04 Å². The zero-order valence-electron chi connectivity index (χ0n) is 6.99. The Labute approximate surface area is 75.1 Å². The van der Waals surface area contributed by atoms with Gasteiger partial charge in [-0.3, -0.25) is 0 Å². The number of hydrogen-bond acceptors (Lipinski definition) is 2. The Morgan fingerprint density at radius 1 is 1.33 bits per heavy atom. The lowest BCUT2D eigenvalue weighted by atomic mass is 9.98. The molecule has 68 valence electrons. The van der Waals surface area contributed by atoms with E-state index in [9.17, 15) is 0 Å². The van der Waals surface area contributed by atoms with Gasteiger partial charge >= 0.3 is 0 Å². The van der Waals surface area contributed by atoms with Crippen LogP contribution in [-0.2, 0) is 0 Å². The van der Waals surface area contributed by atoms with E-state index in [1.165, 1.54) is 0 Å². The van der Waals surface area contributed by atoms with E-state index >= 15 is 0 Å². The zero-order valence-corrected chi connectivity index (χ0v) is 6.99. The van der Waals surface area contributed by atoms with Gasteiger partial charge in [0, 0.05) is 6.21 Å². The molecule has 1 aliphatic rings. The summed E-state index contributed by atoms with van der Waals surface area (Å²) in [5.41, 5.74) is 3.05. The van der Waals surface area contributed by atoms with Crippen molar-refractivity contribution in [2.24, 2.45) is 11.0 Å². The highest BCUT2D eigenvalue weighted by Crippen LogP contribution is 2.10. The van der Waals surface area contributed by atoms with Crippen LogP contribution in [-0.4, -0.2) is 12.3 Å². The molecule has 0 saturated carbocycles. The van der Waals surface area contributed by atoms with E-state index in [-0.39, 0.29) is 7.43 Å². The first-order valence-electron chi connectivity index (χ1n) is 3.93. The molecule has 1 rings (SSSR count). The molecule has 1 N–H and O–H groups in total. The van der Waals surface area contributed by atoms with Gasteiger partial charge < -0.3 is 5.43 Å². The Hall–Kier alpha value is -1.05. The molecule has 0 aliphatic heterocycles. The lowest BCUT2D eigenvalue weighted by Crippen LogP contribution is -2.29. The summed E-state index contributed by atoms with van der Waals surface area (Å²) in [5, 5.41) is 3.99. The highest BCUT2D eigenvalue weighted by molar-refractivity contribution is 5.52. The molecule has 2 heteroatoms. The van der Waals surface area contributed by atoms with Crippen molar-refractivity contribution in [3.8, 4) is 0 Å². The molecule has 0 heterocycles. The summed E-state index contributed by atoms with van der Waals surface area (Å²) >= 11 is 0. The maximum Gasteiger partial charge on any atom is 0.0683 e. The van der Waals surface area contributed by atoms with Crippen molar-refractivity contribution in [3.05, 3.63) is 24.3 Å². The van der Waals surface area contributed by atoms with E-state index < -0.39 is 0 Å². The molecule has 12 heavy (non-hydrogen) atoms. The Morgan fingerprint density at radius 2 is 2.00 bits per heavy atom. The molecule has 2 nitrogen and oxygen atoms in total. The highest BCUT2D eigenvalue weighted by atomic mass is 15.3. The summed E-state index contributed by atoms with van der Waals surface area (Å²) in [7, 11) is 0. The number of hydrogen-bond donors (Lipinski definition) is 1. The second-order valence-electron chi connectivity index (χ2n) is 2.67. The third kappa shape index (κ3) is 2.91. The van der Waals surface area contributed by atoms with Gasteiger partial charge in [-0.25, -0.2) is 0 Å². The van der Waals surface area contributed by atoms with Crippen molar-refractivity contribution in [1.29, 1.82) is 0 Å². The van der Waals surface area contributed by atoms with Crippen molar-refractivity contribution in [2.75, 3.05) is 0 Å². The van der Waals surface area contributed by atoms with Crippen LogP contribution >= 0.6 is 0 Å². The maximum atomic E-state index is 3.99. The highest BCUT2D eigenvalue weighted by Gasteiger charge is 2.11. The van der Waals surface area contributed by atoms with E-state index in [4.69, 9.17) is 0 Å². The lowest BCUT2D eigenvalue weighted by molar-refractivity contribution is 0.513. The van der Waals surface area contributed by atoms with Crippen LogP contribution in [0.25, 0.3) is 0 Å². The first-order valence-corrected chi connectivity index (χ1v) is 3.93. The predicted molar refractivity (Wildman–Crippen MR) is 55.3 cm³/mol. The Morgan fingerprint density at radius 3 is 2.58 bits per heavy atom. The Balaban J connectivity index is 0.00000121. The third-order valence-corrected chi connectivity index (χ3v) is 1.76. The van der Waals surface area contributed by atoms with Crippen LogP contribution < -0.4 is 5.43 Å². The van der Waals surface area contributed by atoms with E-state index in [0.717, 1.165) is 0 Å². The lowest BCUT2D eigenvalue weighted by Gasteiger charge is -2.19. The number of nitrogens with one attached hydrogen (secondary N) is 1. The molecular formula is C10H18N2. The van der Waals surface area contributed by atoms with Crippen LogP contribution in [0.15, 0.2) is 29.4 Å². The van der Waals surface area contributed by atoms with Crippen molar-refractivity contribution in [3.63, 3.8) is 0 Å². The molecule has 0 amide bonds. The van der Waals surface area contributed by atoms with Gasteiger partial charge in [0.1, 0.15) is 0 Å². The summed E-state index contributed by atoms with van der Waals surface area (Å²) in [5.74, 6) is 0.531. The Kier molecular flexibility index (Phi) is 5.09. The molecule has 0 saturated heterocycles. The van der Waals surface area contributed by atoms with E-state index in [1.54, 1.807) is 6.21 Å². The van der Waals surface area contributed by atoms with Crippen molar-refractivity contribution < 1.29 is 0 Å². The van der Waals surface area contributed by atoms with Crippen LogP contribution in [0.2, 0.25) is 0 Å². The second-order valence-corrected chi connectivity index (χ2v) is 2.67. The summed E-state index contributed by atoms with van der Waals surface area (Å²) in [6.45, 7) is 4.07. The normalized spacial score (nSPS) is 27.2. The SMILES string of the molecule is C.CC=NNC1C=CC=CC1C. The fourth-order valence-electron chi connectivity index (χ4n) is 1.04. The smallest absolute Gasteiger partial charge is 0.0683 e. The first-order chi connectivity index (χ1) is 5.34. The molecule has 2 atom stereocenters. The van der Waals surface area contributed by atoms with E-state index in [2.05, 4.69) is 35.7 Å². The van der Waals surface area contributed by atoms with Gasteiger partial charge in [0.25, 0.3) is 0 Å². The molecule has 0 fully saturated rings. The summed E-state index contributed by atoms with van der Waals surface area (Å²) < 4.78 is 0. The quantitative estimate of drug-likeness (QED) is 0.494. The van der Waals surface area contributed by atoms with Crippen LogP contribution in [0.1, 0.15) is 21.3 Å². The number of allylic oxidation sites excluding steroid dienone is 2. The molecule has 0 aromatic carbocycles. The number of nitrogens with zero attached hydrogens (tertiary/aromatic N) is 1. The average Bonchev–Trinajstić information content (AvgIpc) is 2.03. The Bertz CT molecular complexity index is 192. The second kappa shape index (κ2) is 5.58. The van der Waals surface area contributed by atoms with Crippen molar-refractivity contribution in [1.82, 2.24) is 5.43 Å². The van der Waals surface area contributed by atoms with E-state index in [0.29, 0.717) is 12.0 Å². The summed E-state index contributed by atoms with van der Waals surface area (Å²) in [6.07, 6.45) is 10.2. The summed E-state index contributed by atoms with van der Waals surface area (Å²) in [4.78, 5) is 0. The topological polar surface area (TPSA) is 24.4 Å². The summed E-state index contributed by atoms with van der Waals surface area (Å²) in [6, 6.07) is 0.358. The van der Waals surface area contributed by atoms with Gasteiger partial charge in [-0.2, -0.15) is 5.10 Å². The monoisotopic (exact) mass is 166 g/mol. The largest absolute Gasteiger partial charge is 0.303 e.